The normalized spacial score (nSPS) is 11.9. The third kappa shape index (κ3) is 4.35. The molecule has 0 spiro atoms. The fraction of sp³-hybridized carbons (Fsp3) is 0.143. The van der Waals surface area contributed by atoms with Crippen LogP contribution in [0.4, 0.5) is 11.5 Å². The van der Waals surface area contributed by atoms with Crippen molar-refractivity contribution in [2.24, 2.45) is 0 Å². The minimum atomic E-state index is -0.237. The maximum atomic E-state index is 12.4. The number of rotatable bonds is 6. The summed E-state index contributed by atoms with van der Waals surface area (Å²) in [6.07, 6.45) is 2.40. The zero-order valence-electron chi connectivity index (χ0n) is 14.9. The van der Waals surface area contributed by atoms with Crippen LogP contribution in [0.3, 0.4) is 0 Å². The Hall–Kier alpha value is -3.25. The van der Waals surface area contributed by atoms with Crippen LogP contribution in [-0.4, -0.2) is 24.2 Å². The third-order valence-electron chi connectivity index (χ3n) is 4.29. The molecule has 2 aromatic carbocycles. The van der Waals surface area contributed by atoms with Gasteiger partial charge in [0, 0.05) is 29.5 Å². The van der Waals surface area contributed by atoms with Crippen LogP contribution in [0.25, 0.3) is 0 Å². The molecule has 2 N–H and O–H groups in total. The Bertz CT molecular complexity index is 975. The topological polar surface area (TPSA) is 72.5 Å². The molecule has 0 atom stereocenters. The van der Waals surface area contributed by atoms with E-state index in [0.717, 1.165) is 18.0 Å². The number of nitrogens with zero attached hydrogens (tertiary/aromatic N) is 1. The average molecular weight is 396 g/mol. The molecule has 1 aliphatic rings. The smallest absolute Gasteiger partial charge is 0.257 e. The van der Waals surface area contributed by atoms with Gasteiger partial charge in [0.2, 0.25) is 6.79 Å². The van der Waals surface area contributed by atoms with Gasteiger partial charge in [-0.2, -0.15) is 0 Å². The summed E-state index contributed by atoms with van der Waals surface area (Å²) in [6.45, 7) is 0.931. The Labute approximate surface area is 167 Å². The monoisotopic (exact) mass is 395 g/mol. The quantitative estimate of drug-likeness (QED) is 0.648. The Morgan fingerprint density at radius 1 is 1.04 bits per heavy atom. The molecule has 1 aromatic heterocycles. The van der Waals surface area contributed by atoms with Crippen molar-refractivity contribution >= 4 is 29.0 Å². The van der Waals surface area contributed by atoms with Gasteiger partial charge in [0.25, 0.3) is 5.91 Å². The van der Waals surface area contributed by atoms with E-state index in [1.54, 1.807) is 36.5 Å². The number of pyridine rings is 1. The lowest BCUT2D eigenvalue weighted by Gasteiger charge is -2.08. The van der Waals surface area contributed by atoms with E-state index in [1.165, 1.54) is 5.56 Å². The molecule has 28 heavy (non-hydrogen) atoms. The minimum Gasteiger partial charge on any atom is -0.454 e. The molecule has 0 fully saturated rings. The average Bonchev–Trinajstić information content (AvgIpc) is 3.18. The van der Waals surface area contributed by atoms with Crippen molar-refractivity contribution in [2.75, 3.05) is 24.0 Å². The molecule has 7 heteroatoms. The molecule has 0 aliphatic carbocycles. The summed E-state index contributed by atoms with van der Waals surface area (Å²) >= 11 is 5.89. The van der Waals surface area contributed by atoms with Crippen molar-refractivity contribution in [3.63, 3.8) is 0 Å². The molecule has 1 aliphatic heterocycles. The van der Waals surface area contributed by atoms with Crippen molar-refractivity contribution in [3.05, 3.63) is 76.9 Å². The lowest BCUT2D eigenvalue weighted by Crippen LogP contribution is -2.13. The number of carbonyl (C=O) groups excluding carboxylic acids is 1. The Kier molecular flexibility index (Phi) is 5.30. The summed E-state index contributed by atoms with van der Waals surface area (Å²) in [5.74, 6) is 1.78. The summed E-state index contributed by atoms with van der Waals surface area (Å²) in [5, 5.41) is 6.81. The van der Waals surface area contributed by atoms with Crippen LogP contribution in [0, 0.1) is 0 Å². The maximum Gasteiger partial charge on any atom is 0.257 e. The van der Waals surface area contributed by atoms with Gasteiger partial charge in [-0.3, -0.25) is 4.79 Å². The number of halogens is 1. The van der Waals surface area contributed by atoms with E-state index in [4.69, 9.17) is 21.1 Å². The number of ether oxygens (including phenoxy) is 2. The summed E-state index contributed by atoms with van der Waals surface area (Å²) in [5.41, 5.74) is 2.30. The predicted molar refractivity (Wildman–Crippen MR) is 108 cm³/mol. The van der Waals surface area contributed by atoms with Crippen LogP contribution in [0.1, 0.15) is 15.9 Å². The fourth-order valence-corrected chi connectivity index (χ4v) is 2.92. The van der Waals surface area contributed by atoms with E-state index < -0.39 is 0 Å². The number of aromatic nitrogens is 1. The second kappa shape index (κ2) is 8.19. The second-order valence-corrected chi connectivity index (χ2v) is 6.69. The zero-order valence-corrected chi connectivity index (χ0v) is 15.7. The SMILES string of the molecule is O=C(Nc1ccc2c(c1)OCO2)c1ccc(NCCc2ccc(Cl)cc2)nc1. The van der Waals surface area contributed by atoms with Crippen LogP contribution in [0.15, 0.2) is 60.8 Å². The number of hydrogen-bond acceptors (Lipinski definition) is 5. The lowest BCUT2D eigenvalue weighted by molar-refractivity contribution is 0.102. The molecular formula is C21H18ClN3O3. The van der Waals surface area contributed by atoms with E-state index in [9.17, 15) is 4.79 Å². The van der Waals surface area contributed by atoms with Gasteiger partial charge in [-0.05, 0) is 48.4 Å². The number of fused-ring (bicyclic) bond motifs is 1. The molecule has 2 heterocycles. The van der Waals surface area contributed by atoms with E-state index in [-0.39, 0.29) is 12.7 Å². The highest BCUT2D eigenvalue weighted by Crippen LogP contribution is 2.34. The van der Waals surface area contributed by atoms with E-state index in [1.807, 2.05) is 24.3 Å². The number of nitrogens with one attached hydrogen (secondary N) is 2. The first-order valence-electron chi connectivity index (χ1n) is 8.83. The van der Waals surface area contributed by atoms with Crippen LogP contribution in [0.2, 0.25) is 5.02 Å². The first-order chi connectivity index (χ1) is 13.7. The molecule has 0 bridgehead atoms. The summed E-state index contributed by atoms with van der Waals surface area (Å²) < 4.78 is 10.6. The molecule has 6 nitrogen and oxygen atoms in total. The van der Waals surface area contributed by atoms with Gasteiger partial charge in [-0.1, -0.05) is 23.7 Å². The lowest BCUT2D eigenvalue weighted by atomic mass is 10.1. The van der Waals surface area contributed by atoms with Gasteiger partial charge in [-0.25, -0.2) is 4.98 Å². The van der Waals surface area contributed by atoms with Gasteiger partial charge >= 0.3 is 0 Å². The van der Waals surface area contributed by atoms with Gasteiger partial charge in [0.15, 0.2) is 11.5 Å². The van der Waals surface area contributed by atoms with Crippen molar-refractivity contribution in [2.45, 2.75) is 6.42 Å². The Balaban J connectivity index is 1.31. The summed E-state index contributed by atoms with van der Waals surface area (Å²) in [6, 6.07) is 16.6. The minimum absolute atomic E-state index is 0.198. The second-order valence-electron chi connectivity index (χ2n) is 6.26. The summed E-state index contributed by atoms with van der Waals surface area (Å²) in [4.78, 5) is 16.7. The molecule has 142 valence electrons. The van der Waals surface area contributed by atoms with E-state index in [2.05, 4.69) is 15.6 Å². The van der Waals surface area contributed by atoms with Gasteiger partial charge in [-0.15, -0.1) is 0 Å². The molecule has 1 amide bonds. The molecular weight excluding hydrogens is 378 g/mol. The molecule has 3 aromatic rings. The molecule has 4 rings (SSSR count). The Morgan fingerprint density at radius 2 is 1.86 bits per heavy atom. The molecule has 0 radical (unpaired) electrons. The van der Waals surface area contributed by atoms with Gasteiger partial charge in [0.05, 0.1) is 5.56 Å². The van der Waals surface area contributed by atoms with Crippen molar-refractivity contribution < 1.29 is 14.3 Å². The predicted octanol–water partition coefficient (Wildman–Crippen LogP) is 4.37. The van der Waals surface area contributed by atoms with E-state index in [0.29, 0.717) is 28.6 Å². The highest BCUT2D eigenvalue weighted by Gasteiger charge is 2.14. The molecule has 0 saturated heterocycles. The summed E-state index contributed by atoms with van der Waals surface area (Å²) in [7, 11) is 0. The van der Waals surface area contributed by atoms with Crippen LogP contribution >= 0.6 is 11.6 Å². The first kappa shape index (κ1) is 18.1. The standard InChI is InChI=1S/C21H18ClN3O3/c22-16-4-1-14(2-5-16)9-10-23-20-8-3-15(12-24-20)21(26)25-17-6-7-18-19(11-17)28-13-27-18/h1-8,11-12H,9-10,13H2,(H,23,24)(H,25,26). The number of amides is 1. The van der Waals surface area contributed by atoms with Crippen molar-refractivity contribution in [1.29, 1.82) is 0 Å². The zero-order chi connectivity index (χ0) is 19.3. The highest BCUT2D eigenvalue weighted by molar-refractivity contribution is 6.30. The molecule has 0 unspecified atom stereocenters. The van der Waals surface area contributed by atoms with E-state index >= 15 is 0 Å². The molecule has 0 saturated carbocycles. The number of benzene rings is 2. The maximum absolute atomic E-state index is 12.4. The number of hydrogen-bond donors (Lipinski definition) is 2. The van der Waals surface area contributed by atoms with Crippen LogP contribution < -0.4 is 20.1 Å². The third-order valence-corrected chi connectivity index (χ3v) is 4.54. The fourth-order valence-electron chi connectivity index (χ4n) is 2.80. The first-order valence-corrected chi connectivity index (χ1v) is 9.20. The van der Waals surface area contributed by atoms with Crippen LogP contribution in [0.5, 0.6) is 11.5 Å². The van der Waals surface area contributed by atoms with Crippen LogP contribution in [-0.2, 0) is 6.42 Å². The van der Waals surface area contributed by atoms with Gasteiger partial charge in [0.1, 0.15) is 5.82 Å². The highest BCUT2D eigenvalue weighted by atomic mass is 35.5. The van der Waals surface area contributed by atoms with Gasteiger partial charge < -0.3 is 20.1 Å². The Morgan fingerprint density at radius 3 is 2.64 bits per heavy atom. The number of anilines is 2. The van der Waals surface area contributed by atoms with Crippen molar-refractivity contribution in [1.82, 2.24) is 4.98 Å². The largest absolute Gasteiger partial charge is 0.454 e. The number of carbonyl (C=O) groups is 1. The van der Waals surface area contributed by atoms with Crippen molar-refractivity contribution in [3.8, 4) is 11.5 Å².